The second-order valence-corrected chi connectivity index (χ2v) is 4.66. The van der Waals surface area contributed by atoms with Crippen molar-refractivity contribution in [3.05, 3.63) is 0 Å². The maximum Gasteiger partial charge on any atom is 0.132 e. The number of hydrogen-bond acceptors (Lipinski definition) is 2. The van der Waals surface area contributed by atoms with Gasteiger partial charge in [-0.05, 0) is 37.5 Å². The highest BCUT2D eigenvalue weighted by molar-refractivity contribution is 7.37. The molecule has 3 nitrogen and oxygen atoms in total. The van der Waals surface area contributed by atoms with Gasteiger partial charge in [-0.1, -0.05) is 0 Å². The monoisotopic (exact) mass is 174 g/mol. The third-order valence-corrected chi connectivity index (χ3v) is 3.51. The lowest BCUT2D eigenvalue weighted by Crippen LogP contribution is -2.18. The number of rotatable bonds is 2. The van der Waals surface area contributed by atoms with Crippen molar-refractivity contribution >= 4 is 8.09 Å². The molecule has 0 amide bonds. The van der Waals surface area contributed by atoms with E-state index in [1.807, 2.05) is 0 Å². The Labute approximate surface area is 67.7 Å². The highest BCUT2D eigenvalue weighted by Gasteiger charge is 2.40. The first-order valence-electron chi connectivity index (χ1n) is 4.26. The Bertz CT molecular complexity index is 185. The summed E-state index contributed by atoms with van der Waals surface area (Å²) in [7, 11) is -1.69. The first kappa shape index (κ1) is 7.78. The van der Waals surface area contributed by atoms with Gasteiger partial charge in [-0.15, -0.1) is 0 Å². The van der Waals surface area contributed by atoms with Crippen molar-refractivity contribution in [3.8, 4) is 0 Å². The van der Waals surface area contributed by atoms with Crippen LogP contribution >= 0.6 is 8.09 Å². The number of nitrogens with one attached hydrogen (secondary N) is 1. The molecule has 4 heteroatoms. The van der Waals surface area contributed by atoms with Crippen molar-refractivity contribution in [2.45, 2.75) is 31.8 Å². The van der Waals surface area contributed by atoms with Gasteiger partial charge >= 0.3 is 0 Å². The van der Waals surface area contributed by atoms with Gasteiger partial charge in [-0.25, -0.2) is 0 Å². The van der Waals surface area contributed by atoms with Gasteiger partial charge in [0.25, 0.3) is 0 Å². The van der Waals surface area contributed by atoms with E-state index in [-0.39, 0.29) is 0 Å². The summed E-state index contributed by atoms with van der Waals surface area (Å²) in [6, 6.07) is 0. The van der Waals surface area contributed by atoms with Crippen molar-refractivity contribution in [2.24, 2.45) is 17.3 Å². The fraction of sp³-hybridized carbons (Fsp3) is 1.00. The molecule has 0 aromatic carbocycles. The normalized spacial score (nSPS) is 44.6. The summed E-state index contributed by atoms with van der Waals surface area (Å²) in [5.74, 6) is 1.64. The third kappa shape index (κ3) is 1.51. The fourth-order valence-electron chi connectivity index (χ4n) is 2.49. The van der Waals surface area contributed by atoms with Crippen LogP contribution < -0.4 is 5.50 Å². The van der Waals surface area contributed by atoms with E-state index in [2.05, 4.69) is 0 Å². The van der Waals surface area contributed by atoms with Gasteiger partial charge < -0.3 is 4.52 Å². The highest BCUT2D eigenvalue weighted by Crippen LogP contribution is 2.47. The predicted molar refractivity (Wildman–Crippen MR) is 45.5 cm³/mol. The zero-order chi connectivity index (χ0) is 7.84. The predicted octanol–water partition coefficient (Wildman–Crippen LogP) is 1.96. The third-order valence-electron chi connectivity index (χ3n) is 2.95. The Morgan fingerprint density at radius 1 is 1.36 bits per heavy atom. The highest BCUT2D eigenvalue weighted by atomic mass is 31.1. The van der Waals surface area contributed by atoms with Crippen LogP contribution in [0.2, 0.25) is 0 Å². The molecule has 0 heterocycles. The molecule has 0 aliphatic heterocycles. The number of fused-ring (bicyclic) bond motifs is 2. The first-order chi connectivity index (χ1) is 5.25. The second kappa shape index (κ2) is 2.89. The largest absolute Gasteiger partial charge is 0.331 e. The van der Waals surface area contributed by atoms with Crippen LogP contribution in [0.5, 0.6) is 0 Å². The molecule has 4 atom stereocenters. The van der Waals surface area contributed by atoms with E-state index in [9.17, 15) is 0 Å². The van der Waals surface area contributed by atoms with E-state index in [0.717, 1.165) is 11.8 Å². The van der Waals surface area contributed by atoms with E-state index in [1.54, 1.807) is 0 Å². The summed E-state index contributed by atoms with van der Waals surface area (Å²) in [4.78, 5) is 0. The Hall–Kier alpha value is 0.150. The van der Waals surface area contributed by atoms with Crippen molar-refractivity contribution in [3.63, 3.8) is 0 Å². The average molecular weight is 174 g/mol. The van der Waals surface area contributed by atoms with Crippen molar-refractivity contribution < 1.29 is 4.52 Å². The topological polar surface area (TPSA) is 59.1 Å². The summed E-state index contributed by atoms with van der Waals surface area (Å²) in [5.41, 5.74) is 5.35. The molecular formula is C7H15N2OP. The molecule has 3 N–H and O–H groups in total. The molecule has 2 saturated carbocycles. The van der Waals surface area contributed by atoms with Crippen LogP contribution in [0.15, 0.2) is 0 Å². The van der Waals surface area contributed by atoms with Gasteiger partial charge in [0.15, 0.2) is 0 Å². The van der Waals surface area contributed by atoms with Crippen LogP contribution in [-0.2, 0) is 4.52 Å². The maximum absolute atomic E-state index is 7.18. The molecule has 2 bridgehead atoms. The van der Waals surface area contributed by atoms with Crippen LogP contribution in [0.3, 0.4) is 0 Å². The summed E-state index contributed by atoms with van der Waals surface area (Å²) in [6.07, 6.45) is 5.55. The van der Waals surface area contributed by atoms with Crippen LogP contribution in [0.1, 0.15) is 25.7 Å². The molecule has 0 aromatic rings. The number of nitrogens with two attached hydrogens (primary N) is 1. The molecule has 4 unspecified atom stereocenters. The van der Waals surface area contributed by atoms with Crippen molar-refractivity contribution in [1.82, 2.24) is 0 Å². The SMILES string of the molecule is N=[PH](N)OC1CC2CCC1C2. The molecule has 0 radical (unpaired) electrons. The molecular weight excluding hydrogens is 159 g/mol. The summed E-state index contributed by atoms with van der Waals surface area (Å²) < 4.78 is 5.39. The van der Waals surface area contributed by atoms with Gasteiger partial charge in [0.2, 0.25) is 0 Å². The lowest BCUT2D eigenvalue weighted by molar-refractivity contribution is 0.157. The van der Waals surface area contributed by atoms with Gasteiger partial charge in [0.05, 0.1) is 6.10 Å². The summed E-state index contributed by atoms with van der Waals surface area (Å²) in [6.45, 7) is 0. The van der Waals surface area contributed by atoms with E-state index in [1.165, 1.54) is 25.7 Å². The Balaban J connectivity index is 1.92. The van der Waals surface area contributed by atoms with Crippen molar-refractivity contribution in [1.29, 1.82) is 5.16 Å². The van der Waals surface area contributed by atoms with Gasteiger partial charge in [-0.3, -0.25) is 10.7 Å². The van der Waals surface area contributed by atoms with E-state index >= 15 is 0 Å². The minimum absolute atomic E-state index is 0.352. The van der Waals surface area contributed by atoms with E-state index in [4.69, 9.17) is 15.2 Å². The smallest absolute Gasteiger partial charge is 0.132 e. The zero-order valence-electron chi connectivity index (χ0n) is 6.55. The van der Waals surface area contributed by atoms with E-state index in [0.29, 0.717) is 6.10 Å². The van der Waals surface area contributed by atoms with Crippen molar-refractivity contribution in [2.75, 3.05) is 0 Å². The standard InChI is InChI=1S/C7H15N2OP/c8-11(9)10-7-4-5-1-2-6(7)3-5/h5-7,11H,1-4H2,(H3,8,9). The maximum atomic E-state index is 7.18. The van der Waals surface area contributed by atoms with Crippen LogP contribution in [0, 0.1) is 17.0 Å². The number of hydrogen-bond donors (Lipinski definition) is 2. The molecule has 0 spiro atoms. The fourth-order valence-corrected chi connectivity index (χ4v) is 3.11. The molecule has 2 rings (SSSR count). The molecule has 2 aliphatic carbocycles. The van der Waals surface area contributed by atoms with Gasteiger partial charge in [0, 0.05) is 0 Å². The van der Waals surface area contributed by atoms with E-state index < -0.39 is 8.09 Å². The van der Waals surface area contributed by atoms with Gasteiger partial charge in [0.1, 0.15) is 8.09 Å². The molecule has 2 fully saturated rings. The Morgan fingerprint density at radius 3 is 2.64 bits per heavy atom. The molecule has 0 saturated heterocycles. The molecule has 11 heavy (non-hydrogen) atoms. The minimum Gasteiger partial charge on any atom is -0.331 e. The average Bonchev–Trinajstić information content (AvgIpc) is 2.45. The Morgan fingerprint density at radius 2 is 2.18 bits per heavy atom. The summed E-state index contributed by atoms with van der Waals surface area (Å²) in [5, 5.41) is 7.18. The Kier molecular flexibility index (Phi) is 2.04. The second-order valence-electron chi connectivity index (χ2n) is 3.70. The lowest BCUT2D eigenvalue weighted by Gasteiger charge is -2.21. The minimum atomic E-state index is -1.69. The molecule has 64 valence electrons. The van der Waals surface area contributed by atoms with Crippen LogP contribution in [0.25, 0.3) is 0 Å². The first-order valence-corrected chi connectivity index (χ1v) is 5.75. The quantitative estimate of drug-likeness (QED) is 0.628. The summed E-state index contributed by atoms with van der Waals surface area (Å²) >= 11 is 0. The molecule has 2 aliphatic rings. The zero-order valence-corrected chi connectivity index (χ0v) is 7.55. The lowest BCUT2D eigenvalue weighted by atomic mass is 9.98. The van der Waals surface area contributed by atoms with Crippen LogP contribution in [0.4, 0.5) is 0 Å². The molecule has 0 aromatic heterocycles. The van der Waals surface area contributed by atoms with Crippen LogP contribution in [-0.4, -0.2) is 6.10 Å². The van der Waals surface area contributed by atoms with Gasteiger partial charge in [-0.2, -0.15) is 0 Å².